The number of carbonyl (C=O) groups excluding carboxylic acids is 1. The predicted molar refractivity (Wildman–Crippen MR) is 99.0 cm³/mol. The van der Waals surface area contributed by atoms with Crippen molar-refractivity contribution in [3.05, 3.63) is 65.9 Å². The molecule has 9 heteroatoms. The van der Waals surface area contributed by atoms with Crippen molar-refractivity contribution in [2.75, 3.05) is 5.32 Å². The smallest absolute Gasteiger partial charge is 0.312 e. The Balaban J connectivity index is 1.61. The second kappa shape index (κ2) is 6.95. The van der Waals surface area contributed by atoms with Crippen LogP contribution in [-0.2, 0) is 11.2 Å². The lowest BCUT2D eigenvalue weighted by Gasteiger charge is -2.09. The van der Waals surface area contributed by atoms with E-state index in [0.29, 0.717) is 22.6 Å². The molecule has 4 aromatic rings. The van der Waals surface area contributed by atoms with Crippen molar-refractivity contribution in [3.63, 3.8) is 0 Å². The number of pyridine rings is 1. The van der Waals surface area contributed by atoms with Crippen LogP contribution in [0.5, 0.6) is 0 Å². The molecule has 28 heavy (non-hydrogen) atoms. The van der Waals surface area contributed by atoms with Crippen LogP contribution in [0.3, 0.4) is 0 Å². The molecule has 0 aliphatic heterocycles. The summed E-state index contributed by atoms with van der Waals surface area (Å²) in [6.07, 6.45) is 2.93. The first-order valence-electron chi connectivity index (χ1n) is 8.40. The Morgan fingerprint density at radius 3 is 2.93 bits per heavy atom. The Morgan fingerprint density at radius 2 is 2.11 bits per heavy atom. The molecule has 3 aromatic heterocycles. The third-order valence-corrected chi connectivity index (χ3v) is 4.16. The Bertz CT molecular complexity index is 1190. The molecule has 0 aliphatic carbocycles. The van der Waals surface area contributed by atoms with E-state index in [1.54, 1.807) is 22.7 Å². The Morgan fingerprint density at radius 1 is 1.25 bits per heavy atom. The molecular formula is C19H15N5O4. The fraction of sp³-hybridized carbons (Fsp3) is 0.105. The number of aromatic nitrogens is 4. The zero-order valence-corrected chi connectivity index (χ0v) is 14.8. The van der Waals surface area contributed by atoms with Crippen LogP contribution in [-0.4, -0.2) is 36.5 Å². The van der Waals surface area contributed by atoms with Crippen LogP contribution in [0.15, 0.2) is 53.3 Å². The van der Waals surface area contributed by atoms with Crippen molar-refractivity contribution in [1.29, 1.82) is 0 Å². The van der Waals surface area contributed by atoms with Crippen molar-refractivity contribution >= 4 is 23.2 Å². The second-order valence-electron chi connectivity index (χ2n) is 6.14. The number of fused-ring (bicyclic) bond motifs is 1. The van der Waals surface area contributed by atoms with Crippen LogP contribution >= 0.6 is 0 Å². The number of hydrogen-bond acceptors (Lipinski definition) is 6. The number of nitrogens with zero attached hydrogens (tertiary/aromatic N) is 4. The SMILES string of the molecule is Cc1ccc(-c2noc(CC(=O)O)n2)cc1NC(=O)c1cnc2ccccn12. The number of carboxylic acids is 1. The number of hydrogen-bond donors (Lipinski definition) is 2. The quantitative estimate of drug-likeness (QED) is 0.548. The van der Waals surface area contributed by atoms with Gasteiger partial charge in [-0.25, -0.2) is 4.98 Å². The minimum absolute atomic E-state index is 0.0133. The molecule has 140 valence electrons. The first kappa shape index (κ1) is 17.4. The number of nitrogens with one attached hydrogen (secondary N) is 1. The molecule has 1 amide bonds. The molecule has 0 spiro atoms. The summed E-state index contributed by atoms with van der Waals surface area (Å²) in [6.45, 7) is 1.86. The number of aliphatic carboxylic acids is 1. The molecule has 0 radical (unpaired) electrons. The average molecular weight is 377 g/mol. The van der Waals surface area contributed by atoms with E-state index in [1.807, 2.05) is 31.2 Å². The van der Waals surface area contributed by atoms with Crippen LogP contribution in [0, 0.1) is 6.92 Å². The van der Waals surface area contributed by atoms with Gasteiger partial charge < -0.3 is 14.9 Å². The minimum Gasteiger partial charge on any atom is -0.481 e. The summed E-state index contributed by atoms with van der Waals surface area (Å²) in [5.74, 6) is -1.10. The topological polar surface area (TPSA) is 123 Å². The maximum Gasteiger partial charge on any atom is 0.312 e. The van der Waals surface area contributed by atoms with Crippen LogP contribution in [0.2, 0.25) is 0 Å². The summed E-state index contributed by atoms with van der Waals surface area (Å²) in [5, 5.41) is 15.5. The zero-order valence-electron chi connectivity index (χ0n) is 14.8. The van der Waals surface area contributed by atoms with Gasteiger partial charge in [0.15, 0.2) is 0 Å². The van der Waals surface area contributed by atoms with Gasteiger partial charge in [-0.1, -0.05) is 23.4 Å². The summed E-state index contributed by atoms with van der Waals surface area (Å²) >= 11 is 0. The fourth-order valence-corrected chi connectivity index (χ4v) is 2.76. The Kier molecular flexibility index (Phi) is 4.32. The highest BCUT2D eigenvalue weighted by molar-refractivity contribution is 6.04. The molecule has 9 nitrogen and oxygen atoms in total. The number of anilines is 1. The fourth-order valence-electron chi connectivity index (χ4n) is 2.76. The molecule has 0 aliphatic rings. The number of carbonyl (C=O) groups is 2. The van der Waals surface area contributed by atoms with Gasteiger partial charge >= 0.3 is 5.97 Å². The monoisotopic (exact) mass is 377 g/mol. The van der Waals surface area contributed by atoms with Gasteiger partial charge in [-0.2, -0.15) is 4.98 Å². The highest BCUT2D eigenvalue weighted by Crippen LogP contribution is 2.24. The molecule has 0 saturated heterocycles. The van der Waals surface area contributed by atoms with Gasteiger partial charge in [0.25, 0.3) is 5.91 Å². The number of imidazole rings is 1. The normalized spacial score (nSPS) is 10.9. The molecule has 0 fully saturated rings. The lowest BCUT2D eigenvalue weighted by Crippen LogP contribution is -2.15. The van der Waals surface area contributed by atoms with Gasteiger partial charge in [0.2, 0.25) is 11.7 Å². The average Bonchev–Trinajstić information content (AvgIpc) is 3.30. The largest absolute Gasteiger partial charge is 0.481 e. The summed E-state index contributed by atoms with van der Waals surface area (Å²) in [6, 6.07) is 10.8. The molecular weight excluding hydrogens is 362 g/mol. The highest BCUT2D eigenvalue weighted by Gasteiger charge is 2.16. The number of benzene rings is 1. The number of rotatable bonds is 5. The molecule has 1 aromatic carbocycles. The van der Waals surface area contributed by atoms with E-state index in [1.165, 1.54) is 6.20 Å². The lowest BCUT2D eigenvalue weighted by molar-refractivity contribution is -0.136. The summed E-state index contributed by atoms with van der Waals surface area (Å²) in [7, 11) is 0. The predicted octanol–water partition coefficient (Wildman–Crippen LogP) is 2.57. The first-order valence-corrected chi connectivity index (χ1v) is 8.40. The minimum atomic E-state index is -1.06. The van der Waals surface area contributed by atoms with E-state index in [2.05, 4.69) is 20.4 Å². The standard InChI is InChI=1S/C19H15N5O4/c1-11-5-6-12(18-22-16(28-23-18)9-17(25)26)8-13(11)21-19(27)14-10-20-15-4-2-3-7-24(14)15/h2-8,10H,9H2,1H3,(H,21,27)(H,25,26). The molecule has 2 N–H and O–H groups in total. The van der Waals surface area contributed by atoms with E-state index in [-0.39, 0.29) is 24.0 Å². The van der Waals surface area contributed by atoms with Crippen molar-refractivity contribution in [1.82, 2.24) is 19.5 Å². The summed E-state index contributed by atoms with van der Waals surface area (Å²) in [4.78, 5) is 31.8. The van der Waals surface area contributed by atoms with Gasteiger partial charge in [-0.05, 0) is 30.7 Å². The van der Waals surface area contributed by atoms with E-state index in [9.17, 15) is 9.59 Å². The van der Waals surface area contributed by atoms with Crippen molar-refractivity contribution in [3.8, 4) is 11.4 Å². The first-order chi connectivity index (χ1) is 13.5. The van der Waals surface area contributed by atoms with E-state index < -0.39 is 5.97 Å². The van der Waals surface area contributed by atoms with Gasteiger partial charge in [0, 0.05) is 17.4 Å². The van der Waals surface area contributed by atoms with Crippen molar-refractivity contribution in [2.45, 2.75) is 13.3 Å². The molecule has 0 atom stereocenters. The Hall–Kier alpha value is -4.01. The molecule has 0 unspecified atom stereocenters. The van der Waals surface area contributed by atoms with Crippen molar-refractivity contribution in [2.24, 2.45) is 0 Å². The lowest BCUT2D eigenvalue weighted by atomic mass is 10.1. The number of aryl methyl sites for hydroxylation is 1. The maximum atomic E-state index is 12.7. The second-order valence-corrected chi connectivity index (χ2v) is 6.14. The van der Waals surface area contributed by atoms with Crippen LogP contribution in [0.4, 0.5) is 5.69 Å². The van der Waals surface area contributed by atoms with Gasteiger partial charge in [0.05, 0.1) is 6.20 Å². The van der Waals surface area contributed by atoms with Crippen LogP contribution < -0.4 is 5.32 Å². The summed E-state index contributed by atoms with van der Waals surface area (Å²) in [5.41, 5.74) is 3.11. The third kappa shape index (κ3) is 3.32. The van der Waals surface area contributed by atoms with E-state index in [0.717, 1.165) is 5.56 Å². The Labute approximate surface area is 158 Å². The third-order valence-electron chi connectivity index (χ3n) is 4.16. The number of carboxylic acid groups (broad SMARTS) is 1. The van der Waals surface area contributed by atoms with E-state index >= 15 is 0 Å². The highest BCUT2D eigenvalue weighted by atomic mass is 16.5. The van der Waals surface area contributed by atoms with E-state index in [4.69, 9.17) is 9.63 Å². The van der Waals surface area contributed by atoms with Gasteiger partial charge in [0.1, 0.15) is 17.8 Å². The molecule has 0 bridgehead atoms. The van der Waals surface area contributed by atoms with Crippen molar-refractivity contribution < 1.29 is 19.2 Å². The van der Waals surface area contributed by atoms with Crippen LogP contribution in [0.25, 0.3) is 17.0 Å². The molecule has 0 saturated carbocycles. The van der Waals surface area contributed by atoms with Gasteiger partial charge in [-0.15, -0.1) is 0 Å². The molecule has 4 rings (SSSR count). The summed E-state index contributed by atoms with van der Waals surface area (Å²) < 4.78 is 6.65. The zero-order chi connectivity index (χ0) is 19.7. The molecule has 3 heterocycles. The number of amides is 1. The van der Waals surface area contributed by atoms with Gasteiger partial charge in [-0.3, -0.25) is 14.0 Å². The maximum absolute atomic E-state index is 12.7. The van der Waals surface area contributed by atoms with Crippen LogP contribution in [0.1, 0.15) is 21.9 Å².